The third-order valence-corrected chi connectivity index (χ3v) is 2.93. The van der Waals surface area contributed by atoms with Crippen molar-refractivity contribution in [3.8, 4) is 16.9 Å². The van der Waals surface area contributed by atoms with E-state index in [1.54, 1.807) is 7.11 Å². The van der Waals surface area contributed by atoms with Crippen LogP contribution >= 0.6 is 0 Å². The molecule has 4 nitrogen and oxygen atoms in total. The summed E-state index contributed by atoms with van der Waals surface area (Å²) >= 11 is 0. The molecule has 0 aliphatic rings. The first kappa shape index (κ1) is 12.5. The Morgan fingerprint density at radius 3 is 2.61 bits per heavy atom. The summed E-state index contributed by atoms with van der Waals surface area (Å²) in [4.78, 5) is 0. The van der Waals surface area contributed by atoms with Gasteiger partial charge in [-0.2, -0.15) is 0 Å². The van der Waals surface area contributed by atoms with Crippen molar-refractivity contribution in [2.45, 2.75) is 26.2 Å². The first-order chi connectivity index (χ1) is 8.76. The standard InChI is InChI=1S/C14H18N2O2/c1-3-4-5-12-13(14(15)16-18-12)10-6-8-11(17-2)9-7-10/h6-9H,3-5H2,1-2H3,(H2,15,16). The largest absolute Gasteiger partial charge is 0.497 e. The molecule has 2 N–H and O–H groups in total. The highest BCUT2D eigenvalue weighted by Gasteiger charge is 2.15. The maximum atomic E-state index is 5.88. The lowest BCUT2D eigenvalue weighted by molar-refractivity contribution is 0.383. The number of nitrogens with zero attached hydrogens (tertiary/aromatic N) is 1. The fraction of sp³-hybridized carbons (Fsp3) is 0.357. The minimum atomic E-state index is 0.450. The van der Waals surface area contributed by atoms with E-state index in [0.717, 1.165) is 41.9 Å². The van der Waals surface area contributed by atoms with Gasteiger partial charge in [0, 0.05) is 6.42 Å². The number of nitrogens with two attached hydrogens (primary N) is 1. The molecule has 2 rings (SSSR count). The Balaban J connectivity index is 2.32. The van der Waals surface area contributed by atoms with E-state index in [1.807, 2.05) is 24.3 Å². The zero-order valence-corrected chi connectivity index (χ0v) is 10.8. The molecule has 0 amide bonds. The Hall–Kier alpha value is -1.97. The molecule has 0 saturated carbocycles. The molecule has 0 saturated heterocycles. The number of benzene rings is 1. The quantitative estimate of drug-likeness (QED) is 0.879. The average Bonchev–Trinajstić information content (AvgIpc) is 2.77. The maximum Gasteiger partial charge on any atom is 0.175 e. The summed E-state index contributed by atoms with van der Waals surface area (Å²) in [7, 11) is 1.65. The Bertz CT molecular complexity index is 503. The Kier molecular flexibility index (Phi) is 3.87. The average molecular weight is 246 g/mol. The highest BCUT2D eigenvalue weighted by Crippen LogP contribution is 2.31. The Morgan fingerprint density at radius 2 is 2.00 bits per heavy atom. The third-order valence-electron chi connectivity index (χ3n) is 2.93. The number of hydrogen-bond donors (Lipinski definition) is 1. The molecule has 4 heteroatoms. The number of ether oxygens (including phenoxy) is 1. The van der Waals surface area contributed by atoms with Crippen LogP contribution in [0.25, 0.3) is 11.1 Å². The summed E-state index contributed by atoms with van der Waals surface area (Å²) in [6.45, 7) is 2.15. The van der Waals surface area contributed by atoms with E-state index in [1.165, 1.54) is 0 Å². The molecule has 0 aliphatic carbocycles. The van der Waals surface area contributed by atoms with Crippen molar-refractivity contribution in [1.82, 2.24) is 5.16 Å². The van der Waals surface area contributed by atoms with Gasteiger partial charge in [0.15, 0.2) is 5.82 Å². The molecule has 0 fully saturated rings. The number of rotatable bonds is 5. The first-order valence-corrected chi connectivity index (χ1v) is 6.14. The summed E-state index contributed by atoms with van der Waals surface area (Å²) in [6, 6.07) is 7.76. The summed E-state index contributed by atoms with van der Waals surface area (Å²) in [5.41, 5.74) is 7.80. The molecule has 2 aromatic rings. The number of methoxy groups -OCH3 is 1. The van der Waals surface area contributed by atoms with Crippen LogP contribution in [0.2, 0.25) is 0 Å². The van der Waals surface area contributed by atoms with Crippen molar-refractivity contribution < 1.29 is 9.26 Å². The number of aromatic nitrogens is 1. The molecule has 0 spiro atoms. The van der Waals surface area contributed by atoms with E-state index in [0.29, 0.717) is 5.82 Å². The molecule has 0 aliphatic heterocycles. The van der Waals surface area contributed by atoms with E-state index in [4.69, 9.17) is 15.0 Å². The van der Waals surface area contributed by atoms with Gasteiger partial charge in [0.25, 0.3) is 0 Å². The number of aryl methyl sites for hydroxylation is 1. The van der Waals surface area contributed by atoms with E-state index in [2.05, 4.69) is 12.1 Å². The van der Waals surface area contributed by atoms with Crippen molar-refractivity contribution in [2.24, 2.45) is 0 Å². The fourth-order valence-corrected chi connectivity index (χ4v) is 1.91. The fourth-order valence-electron chi connectivity index (χ4n) is 1.91. The van der Waals surface area contributed by atoms with Crippen LogP contribution < -0.4 is 10.5 Å². The molecule has 0 atom stereocenters. The second kappa shape index (κ2) is 5.58. The van der Waals surface area contributed by atoms with Crippen LogP contribution in [0.1, 0.15) is 25.5 Å². The SMILES string of the molecule is CCCCc1onc(N)c1-c1ccc(OC)cc1. The molecule has 0 unspecified atom stereocenters. The van der Waals surface area contributed by atoms with E-state index in [-0.39, 0.29) is 0 Å². The lowest BCUT2D eigenvalue weighted by Crippen LogP contribution is -1.91. The van der Waals surface area contributed by atoms with Crippen LogP contribution in [-0.4, -0.2) is 12.3 Å². The lowest BCUT2D eigenvalue weighted by atomic mass is 10.0. The molecule has 1 aromatic carbocycles. The Labute approximate surface area is 107 Å². The van der Waals surface area contributed by atoms with Gasteiger partial charge in [-0.05, 0) is 24.1 Å². The minimum absolute atomic E-state index is 0.450. The normalized spacial score (nSPS) is 10.6. The van der Waals surface area contributed by atoms with Gasteiger partial charge in [0.2, 0.25) is 0 Å². The van der Waals surface area contributed by atoms with Crippen LogP contribution in [0.15, 0.2) is 28.8 Å². The molecule has 1 aromatic heterocycles. The maximum absolute atomic E-state index is 5.88. The second-order valence-electron chi connectivity index (χ2n) is 4.20. The van der Waals surface area contributed by atoms with Crippen LogP contribution in [0.5, 0.6) is 5.75 Å². The van der Waals surface area contributed by atoms with Crippen LogP contribution in [0.4, 0.5) is 5.82 Å². The molecule has 0 bridgehead atoms. The van der Waals surface area contributed by atoms with Crippen LogP contribution in [-0.2, 0) is 6.42 Å². The van der Waals surface area contributed by atoms with E-state index >= 15 is 0 Å². The van der Waals surface area contributed by atoms with Crippen molar-refractivity contribution in [3.63, 3.8) is 0 Å². The number of unbranched alkanes of at least 4 members (excludes halogenated alkanes) is 1. The van der Waals surface area contributed by atoms with Gasteiger partial charge in [-0.25, -0.2) is 0 Å². The third kappa shape index (κ3) is 2.47. The van der Waals surface area contributed by atoms with E-state index < -0.39 is 0 Å². The predicted octanol–water partition coefficient (Wildman–Crippen LogP) is 3.28. The molecule has 18 heavy (non-hydrogen) atoms. The van der Waals surface area contributed by atoms with Crippen molar-refractivity contribution in [2.75, 3.05) is 12.8 Å². The van der Waals surface area contributed by atoms with Crippen LogP contribution in [0, 0.1) is 0 Å². The minimum Gasteiger partial charge on any atom is -0.497 e. The van der Waals surface area contributed by atoms with Gasteiger partial charge in [0.05, 0.1) is 12.7 Å². The van der Waals surface area contributed by atoms with Gasteiger partial charge in [-0.1, -0.05) is 30.6 Å². The second-order valence-corrected chi connectivity index (χ2v) is 4.20. The topological polar surface area (TPSA) is 61.3 Å². The van der Waals surface area contributed by atoms with Crippen molar-refractivity contribution in [1.29, 1.82) is 0 Å². The summed E-state index contributed by atoms with van der Waals surface area (Å²) in [6.07, 6.45) is 3.04. The molecule has 1 heterocycles. The van der Waals surface area contributed by atoms with Crippen LogP contribution in [0.3, 0.4) is 0 Å². The molecule has 0 radical (unpaired) electrons. The first-order valence-electron chi connectivity index (χ1n) is 6.14. The highest BCUT2D eigenvalue weighted by molar-refractivity contribution is 5.75. The van der Waals surface area contributed by atoms with Crippen molar-refractivity contribution >= 4 is 5.82 Å². The number of hydrogen-bond acceptors (Lipinski definition) is 4. The zero-order chi connectivity index (χ0) is 13.0. The van der Waals surface area contributed by atoms with Gasteiger partial charge < -0.3 is 15.0 Å². The number of nitrogen functional groups attached to an aromatic ring is 1. The monoisotopic (exact) mass is 246 g/mol. The summed E-state index contributed by atoms with van der Waals surface area (Å²) < 4.78 is 10.4. The predicted molar refractivity (Wildman–Crippen MR) is 71.5 cm³/mol. The Morgan fingerprint density at radius 1 is 1.28 bits per heavy atom. The lowest BCUT2D eigenvalue weighted by Gasteiger charge is -2.04. The van der Waals surface area contributed by atoms with Crippen molar-refractivity contribution in [3.05, 3.63) is 30.0 Å². The van der Waals surface area contributed by atoms with Gasteiger partial charge in [-0.15, -0.1) is 0 Å². The summed E-state index contributed by atoms with van der Waals surface area (Å²) in [5, 5.41) is 3.86. The van der Waals surface area contributed by atoms with Gasteiger partial charge in [-0.3, -0.25) is 0 Å². The molecular formula is C14H18N2O2. The molecule has 96 valence electrons. The molecular weight excluding hydrogens is 228 g/mol. The summed E-state index contributed by atoms with van der Waals surface area (Å²) in [5.74, 6) is 2.13. The van der Waals surface area contributed by atoms with Gasteiger partial charge >= 0.3 is 0 Å². The smallest absolute Gasteiger partial charge is 0.175 e. The number of anilines is 1. The van der Waals surface area contributed by atoms with Gasteiger partial charge in [0.1, 0.15) is 11.5 Å². The van der Waals surface area contributed by atoms with E-state index in [9.17, 15) is 0 Å². The zero-order valence-electron chi connectivity index (χ0n) is 10.8. The highest BCUT2D eigenvalue weighted by atomic mass is 16.5.